The number of ether oxygens (including phenoxy) is 1. The van der Waals surface area contributed by atoms with Gasteiger partial charge >= 0.3 is 5.97 Å². The van der Waals surface area contributed by atoms with Gasteiger partial charge in [-0.3, -0.25) is 4.79 Å². The molecule has 15 heavy (non-hydrogen) atoms. The van der Waals surface area contributed by atoms with Gasteiger partial charge in [-0.15, -0.1) is 0 Å². The van der Waals surface area contributed by atoms with E-state index < -0.39 is 0 Å². The summed E-state index contributed by atoms with van der Waals surface area (Å²) in [4.78, 5) is 23.4. The highest BCUT2D eigenvalue weighted by atomic mass is 16.5. The van der Waals surface area contributed by atoms with Crippen molar-refractivity contribution in [1.82, 2.24) is 10.2 Å². The highest BCUT2D eigenvalue weighted by Gasteiger charge is 2.00. The van der Waals surface area contributed by atoms with Crippen LogP contribution in [0.3, 0.4) is 0 Å². The zero-order valence-electron chi connectivity index (χ0n) is 9.45. The number of nitrogens with one attached hydrogen (secondary N) is 1. The molecule has 0 saturated heterocycles. The minimum Gasteiger partial charge on any atom is -0.463 e. The van der Waals surface area contributed by atoms with Gasteiger partial charge < -0.3 is 15.0 Å². The summed E-state index contributed by atoms with van der Waals surface area (Å²) in [5.41, 5.74) is 0. The predicted octanol–water partition coefficient (Wildman–Crippen LogP) is -0.216. The maximum Gasteiger partial charge on any atom is 0.330 e. The van der Waals surface area contributed by atoms with Gasteiger partial charge in [0.15, 0.2) is 0 Å². The van der Waals surface area contributed by atoms with Crippen molar-refractivity contribution in [3.63, 3.8) is 0 Å². The van der Waals surface area contributed by atoms with Gasteiger partial charge in [0.1, 0.15) is 0 Å². The van der Waals surface area contributed by atoms with Crippen LogP contribution in [0, 0.1) is 0 Å². The lowest BCUT2D eigenvalue weighted by Crippen LogP contribution is -2.33. The second-order valence-corrected chi connectivity index (χ2v) is 3.07. The van der Waals surface area contributed by atoms with Gasteiger partial charge in [-0.05, 0) is 6.92 Å². The van der Waals surface area contributed by atoms with E-state index in [9.17, 15) is 9.59 Å². The average Bonchev–Trinajstić information content (AvgIpc) is 2.17. The minimum atomic E-state index is -0.363. The number of rotatable bonds is 6. The van der Waals surface area contributed by atoms with Crippen LogP contribution in [-0.4, -0.2) is 50.6 Å². The molecule has 0 aromatic carbocycles. The normalized spacial score (nSPS) is 10.3. The first-order valence-electron chi connectivity index (χ1n) is 4.82. The summed E-state index contributed by atoms with van der Waals surface area (Å²) >= 11 is 0. The molecule has 86 valence electrons. The fraction of sp³-hybridized carbons (Fsp3) is 0.600. The second-order valence-electron chi connectivity index (χ2n) is 3.07. The fourth-order valence-corrected chi connectivity index (χ4v) is 0.766. The molecule has 0 unspecified atom stereocenters. The third kappa shape index (κ3) is 7.69. The predicted molar refractivity (Wildman–Crippen MR) is 57.3 cm³/mol. The van der Waals surface area contributed by atoms with Gasteiger partial charge in [0, 0.05) is 26.7 Å². The Bertz CT molecular complexity index is 237. The van der Waals surface area contributed by atoms with Gasteiger partial charge in [-0.1, -0.05) is 6.08 Å². The van der Waals surface area contributed by atoms with Crippen molar-refractivity contribution in [3.05, 3.63) is 12.2 Å². The van der Waals surface area contributed by atoms with Crippen LogP contribution in [0.5, 0.6) is 0 Å². The summed E-state index contributed by atoms with van der Waals surface area (Å²) in [6.45, 7) is 2.86. The van der Waals surface area contributed by atoms with Crippen molar-refractivity contribution in [3.8, 4) is 0 Å². The Morgan fingerprint density at radius 1 is 1.40 bits per heavy atom. The second kappa shape index (κ2) is 7.99. The highest BCUT2D eigenvalue weighted by Crippen LogP contribution is 1.80. The van der Waals surface area contributed by atoms with Crippen molar-refractivity contribution in [1.29, 1.82) is 0 Å². The lowest BCUT2D eigenvalue weighted by atomic mass is 10.4. The number of likely N-dealkylation sites (N-methyl/N-ethyl adjacent to an activating group) is 1. The van der Waals surface area contributed by atoms with E-state index >= 15 is 0 Å². The van der Waals surface area contributed by atoms with E-state index in [4.69, 9.17) is 0 Å². The zero-order valence-corrected chi connectivity index (χ0v) is 9.45. The van der Waals surface area contributed by atoms with Crippen LogP contribution in [0.1, 0.15) is 6.92 Å². The maximum atomic E-state index is 11.1. The molecule has 0 spiro atoms. The summed E-state index contributed by atoms with van der Waals surface area (Å²) in [5.74, 6) is -0.363. The summed E-state index contributed by atoms with van der Waals surface area (Å²) in [5, 5.41) is 2.88. The third-order valence-corrected chi connectivity index (χ3v) is 1.58. The summed E-state index contributed by atoms with van der Waals surface area (Å²) in [6, 6.07) is 0. The number of nitrogens with zero attached hydrogens (tertiary/aromatic N) is 1. The Morgan fingerprint density at radius 3 is 2.60 bits per heavy atom. The molecule has 1 amide bonds. The Hall–Kier alpha value is -1.36. The Labute approximate surface area is 90.1 Å². The summed E-state index contributed by atoms with van der Waals surface area (Å²) in [6.07, 6.45) is 2.97. The van der Waals surface area contributed by atoms with E-state index in [0.717, 1.165) is 0 Å². The number of carbonyl (C=O) groups excluding carboxylic acids is 2. The maximum absolute atomic E-state index is 11.1. The van der Waals surface area contributed by atoms with E-state index in [-0.39, 0.29) is 18.4 Å². The van der Waals surface area contributed by atoms with Crippen molar-refractivity contribution in [2.75, 3.05) is 33.8 Å². The molecule has 0 aliphatic heterocycles. The standard InChI is InChI=1S/C10H18N2O3/c1-4-15-10(14)6-5-7-11-8-9(13)12(2)3/h5-6,11H,4,7-8H2,1-3H3/b6-5+. The molecule has 0 aliphatic rings. The zero-order chi connectivity index (χ0) is 11.7. The third-order valence-electron chi connectivity index (χ3n) is 1.58. The van der Waals surface area contributed by atoms with Crippen LogP contribution in [0.4, 0.5) is 0 Å². The molecule has 0 rings (SSSR count). The van der Waals surface area contributed by atoms with Crippen LogP contribution >= 0.6 is 0 Å². The molecule has 0 radical (unpaired) electrons. The van der Waals surface area contributed by atoms with Crippen LogP contribution in [0.2, 0.25) is 0 Å². The minimum absolute atomic E-state index is 0.000431. The molecule has 5 nitrogen and oxygen atoms in total. The number of hydrogen-bond acceptors (Lipinski definition) is 4. The number of carbonyl (C=O) groups is 2. The van der Waals surface area contributed by atoms with Crippen LogP contribution < -0.4 is 5.32 Å². The Morgan fingerprint density at radius 2 is 2.07 bits per heavy atom. The molecule has 1 N–H and O–H groups in total. The van der Waals surface area contributed by atoms with Crippen molar-refractivity contribution in [2.45, 2.75) is 6.92 Å². The van der Waals surface area contributed by atoms with Crippen molar-refractivity contribution in [2.24, 2.45) is 0 Å². The lowest BCUT2D eigenvalue weighted by Gasteiger charge is -2.09. The SMILES string of the molecule is CCOC(=O)/C=C/CNCC(=O)N(C)C. The van der Waals surface area contributed by atoms with Crippen LogP contribution in [0.25, 0.3) is 0 Å². The monoisotopic (exact) mass is 214 g/mol. The smallest absolute Gasteiger partial charge is 0.330 e. The molecule has 0 aromatic rings. The first-order valence-corrected chi connectivity index (χ1v) is 4.82. The molecule has 0 aliphatic carbocycles. The Kier molecular flexibility index (Phi) is 7.27. The first-order chi connectivity index (χ1) is 7.07. The molecule has 0 bridgehead atoms. The van der Waals surface area contributed by atoms with Crippen LogP contribution in [0.15, 0.2) is 12.2 Å². The van der Waals surface area contributed by atoms with Crippen molar-refractivity contribution >= 4 is 11.9 Å². The number of hydrogen-bond donors (Lipinski definition) is 1. The van der Waals surface area contributed by atoms with Gasteiger partial charge in [0.25, 0.3) is 0 Å². The van der Waals surface area contributed by atoms with E-state index in [0.29, 0.717) is 13.2 Å². The topological polar surface area (TPSA) is 58.6 Å². The average molecular weight is 214 g/mol. The number of esters is 1. The van der Waals surface area contributed by atoms with Crippen LogP contribution in [-0.2, 0) is 14.3 Å². The molecule has 0 atom stereocenters. The van der Waals surface area contributed by atoms with E-state index in [1.54, 1.807) is 27.1 Å². The fourth-order valence-electron chi connectivity index (χ4n) is 0.766. The molecule has 0 heterocycles. The quantitative estimate of drug-likeness (QED) is 0.377. The van der Waals surface area contributed by atoms with Gasteiger partial charge in [0.2, 0.25) is 5.91 Å². The van der Waals surface area contributed by atoms with E-state index in [2.05, 4.69) is 10.1 Å². The number of amides is 1. The summed E-state index contributed by atoms with van der Waals surface area (Å²) < 4.78 is 4.68. The first kappa shape index (κ1) is 13.6. The van der Waals surface area contributed by atoms with E-state index in [1.807, 2.05) is 0 Å². The van der Waals surface area contributed by atoms with Gasteiger partial charge in [-0.25, -0.2) is 4.79 Å². The van der Waals surface area contributed by atoms with Crippen molar-refractivity contribution < 1.29 is 14.3 Å². The highest BCUT2D eigenvalue weighted by molar-refractivity contribution is 5.81. The lowest BCUT2D eigenvalue weighted by molar-refractivity contribution is -0.137. The molecular weight excluding hydrogens is 196 g/mol. The largest absolute Gasteiger partial charge is 0.463 e. The Balaban J connectivity index is 3.54. The van der Waals surface area contributed by atoms with E-state index in [1.165, 1.54) is 11.0 Å². The molecular formula is C10H18N2O3. The van der Waals surface area contributed by atoms with Gasteiger partial charge in [-0.2, -0.15) is 0 Å². The molecule has 0 saturated carbocycles. The molecule has 5 heteroatoms. The van der Waals surface area contributed by atoms with Gasteiger partial charge in [0.05, 0.1) is 13.2 Å². The molecule has 0 fully saturated rings. The summed E-state index contributed by atoms with van der Waals surface area (Å²) in [7, 11) is 3.39. The molecule has 0 aromatic heterocycles.